The van der Waals surface area contributed by atoms with Crippen molar-refractivity contribution >= 4 is 58.7 Å². The van der Waals surface area contributed by atoms with Gasteiger partial charge in [-0.15, -0.1) is 4.99 Å². The van der Waals surface area contributed by atoms with Gasteiger partial charge in [0.2, 0.25) is 11.9 Å². The number of hydrogen-bond acceptors (Lipinski definition) is 4. The van der Waals surface area contributed by atoms with Crippen LogP contribution in [0.5, 0.6) is 0 Å². The molecular formula is C16H17Cl2N5O4. The van der Waals surface area contributed by atoms with E-state index in [2.05, 4.69) is 20.6 Å². The standard InChI is InChI=1S/C16H17Cl2N5O4/c1-4-27-16(26)22-14(19-9-5-6-10(17)11(18)7-9)21-15-20-12(24)13(25)23(15)8(2)3/h5-8H,4H2,1-3H3,(H2,19,20,21,22,24,26). The highest BCUT2D eigenvalue weighted by Gasteiger charge is 2.37. The SMILES string of the molecule is CCOC(=O)N=C(N=C1NC(=O)C(=O)N1C(C)C)Nc1ccc(Cl)c(Cl)c1. The summed E-state index contributed by atoms with van der Waals surface area (Å²) in [5.74, 6) is -1.85. The topological polar surface area (TPSA) is 112 Å². The molecule has 27 heavy (non-hydrogen) atoms. The molecule has 0 aliphatic carbocycles. The Bertz CT molecular complexity index is 838. The molecule has 0 aromatic heterocycles. The van der Waals surface area contributed by atoms with Gasteiger partial charge in [-0.3, -0.25) is 19.8 Å². The first-order valence-corrected chi connectivity index (χ1v) is 8.69. The molecule has 144 valence electrons. The smallest absolute Gasteiger partial charge is 0.436 e. The van der Waals surface area contributed by atoms with Gasteiger partial charge in [-0.1, -0.05) is 23.2 Å². The summed E-state index contributed by atoms with van der Waals surface area (Å²) in [7, 11) is 0. The number of carbonyl (C=O) groups is 3. The number of halogens is 2. The summed E-state index contributed by atoms with van der Waals surface area (Å²) in [6.45, 7) is 5.17. The molecule has 2 rings (SSSR count). The largest absolute Gasteiger partial charge is 0.448 e. The summed E-state index contributed by atoms with van der Waals surface area (Å²) in [6.07, 6.45) is -0.892. The molecule has 1 aromatic rings. The summed E-state index contributed by atoms with van der Waals surface area (Å²) in [5.41, 5.74) is 0.434. The fraction of sp³-hybridized carbons (Fsp3) is 0.312. The zero-order chi connectivity index (χ0) is 20.1. The predicted octanol–water partition coefficient (Wildman–Crippen LogP) is 2.64. The van der Waals surface area contributed by atoms with E-state index >= 15 is 0 Å². The third-order valence-electron chi connectivity index (χ3n) is 3.24. The van der Waals surface area contributed by atoms with Gasteiger partial charge in [0.15, 0.2) is 0 Å². The second-order valence-electron chi connectivity index (χ2n) is 5.55. The molecule has 0 unspecified atom stereocenters. The van der Waals surface area contributed by atoms with Crippen LogP contribution in [0.1, 0.15) is 20.8 Å². The Morgan fingerprint density at radius 2 is 2.00 bits per heavy atom. The van der Waals surface area contributed by atoms with E-state index in [0.717, 1.165) is 4.90 Å². The molecule has 0 atom stereocenters. The first-order chi connectivity index (χ1) is 12.7. The van der Waals surface area contributed by atoms with E-state index in [1.54, 1.807) is 32.9 Å². The fourth-order valence-electron chi connectivity index (χ4n) is 2.11. The maximum Gasteiger partial charge on any atom is 0.436 e. The number of benzene rings is 1. The van der Waals surface area contributed by atoms with E-state index in [-0.39, 0.29) is 29.6 Å². The molecule has 9 nitrogen and oxygen atoms in total. The summed E-state index contributed by atoms with van der Waals surface area (Å²) < 4.78 is 4.78. The van der Waals surface area contributed by atoms with E-state index < -0.39 is 17.9 Å². The van der Waals surface area contributed by atoms with Crippen molar-refractivity contribution in [2.75, 3.05) is 11.9 Å². The van der Waals surface area contributed by atoms with Crippen molar-refractivity contribution in [2.24, 2.45) is 9.98 Å². The number of rotatable bonds is 3. The van der Waals surface area contributed by atoms with Crippen molar-refractivity contribution in [3.63, 3.8) is 0 Å². The number of amides is 3. The number of hydrogen-bond donors (Lipinski definition) is 2. The number of aliphatic imine (C=N–C) groups is 2. The van der Waals surface area contributed by atoms with Gasteiger partial charge in [-0.25, -0.2) is 4.79 Å². The molecule has 1 saturated heterocycles. The Labute approximate surface area is 165 Å². The van der Waals surface area contributed by atoms with E-state index in [1.807, 2.05) is 0 Å². The van der Waals surface area contributed by atoms with E-state index in [4.69, 9.17) is 27.9 Å². The quantitative estimate of drug-likeness (QED) is 0.449. The van der Waals surface area contributed by atoms with Crippen molar-refractivity contribution in [2.45, 2.75) is 26.8 Å². The molecule has 0 saturated carbocycles. The Balaban J connectivity index is 2.40. The molecule has 0 radical (unpaired) electrons. The van der Waals surface area contributed by atoms with Gasteiger partial charge in [0.1, 0.15) is 0 Å². The lowest BCUT2D eigenvalue weighted by molar-refractivity contribution is -0.140. The monoisotopic (exact) mass is 413 g/mol. The highest BCUT2D eigenvalue weighted by molar-refractivity contribution is 6.46. The van der Waals surface area contributed by atoms with E-state index in [1.165, 1.54) is 6.07 Å². The molecule has 0 bridgehead atoms. The second-order valence-corrected chi connectivity index (χ2v) is 6.36. The van der Waals surface area contributed by atoms with Gasteiger partial charge < -0.3 is 10.1 Å². The highest BCUT2D eigenvalue weighted by Crippen LogP contribution is 2.25. The second kappa shape index (κ2) is 8.83. The van der Waals surface area contributed by atoms with E-state index in [9.17, 15) is 14.4 Å². The van der Waals surface area contributed by atoms with E-state index in [0.29, 0.717) is 10.7 Å². The van der Waals surface area contributed by atoms with Crippen LogP contribution in [0.2, 0.25) is 10.0 Å². The fourth-order valence-corrected chi connectivity index (χ4v) is 2.41. The molecule has 1 aromatic carbocycles. The average Bonchev–Trinajstić information content (AvgIpc) is 2.85. The van der Waals surface area contributed by atoms with Gasteiger partial charge in [-0.05, 0) is 39.0 Å². The van der Waals surface area contributed by atoms with Gasteiger partial charge in [0.25, 0.3) is 0 Å². The van der Waals surface area contributed by atoms with Gasteiger partial charge in [0.05, 0.1) is 16.7 Å². The zero-order valence-corrected chi connectivity index (χ0v) is 16.3. The lowest BCUT2D eigenvalue weighted by Crippen LogP contribution is -2.39. The van der Waals surface area contributed by atoms with Crippen LogP contribution in [-0.2, 0) is 14.3 Å². The Hall–Kier alpha value is -2.65. The van der Waals surface area contributed by atoms with Crippen LogP contribution in [0.3, 0.4) is 0 Å². The number of ether oxygens (including phenoxy) is 1. The van der Waals surface area contributed by atoms with Crippen LogP contribution in [0.4, 0.5) is 10.5 Å². The van der Waals surface area contributed by atoms with Crippen molar-refractivity contribution in [1.82, 2.24) is 10.2 Å². The Morgan fingerprint density at radius 1 is 1.30 bits per heavy atom. The van der Waals surface area contributed by atoms with Crippen molar-refractivity contribution in [3.8, 4) is 0 Å². The summed E-state index contributed by atoms with van der Waals surface area (Å²) >= 11 is 11.9. The maximum absolute atomic E-state index is 12.0. The summed E-state index contributed by atoms with van der Waals surface area (Å²) in [5, 5.41) is 5.75. The van der Waals surface area contributed by atoms with Crippen LogP contribution in [0.25, 0.3) is 0 Å². The number of nitrogens with one attached hydrogen (secondary N) is 2. The minimum absolute atomic E-state index is 0.0596. The molecule has 1 heterocycles. The van der Waals surface area contributed by atoms with Crippen molar-refractivity contribution in [3.05, 3.63) is 28.2 Å². The van der Waals surface area contributed by atoms with Crippen molar-refractivity contribution in [1.29, 1.82) is 0 Å². The van der Waals surface area contributed by atoms with Crippen LogP contribution < -0.4 is 10.6 Å². The summed E-state index contributed by atoms with van der Waals surface area (Å²) in [6, 6.07) is 4.30. The van der Waals surface area contributed by atoms with Gasteiger partial charge in [0, 0.05) is 11.7 Å². The Morgan fingerprint density at radius 3 is 2.59 bits per heavy atom. The minimum Gasteiger partial charge on any atom is -0.448 e. The molecule has 1 aliphatic heterocycles. The van der Waals surface area contributed by atoms with Gasteiger partial charge >= 0.3 is 17.9 Å². The first kappa shape index (κ1) is 20.7. The number of guanidine groups is 2. The molecule has 1 fully saturated rings. The minimum atomic E-state index is -0.892. The molecular weight excluding hydrogens is 397 g/mol. The van der Waals surface area contributed by atoms with Crippen LogP contribution in [0.15, 0.2) is 28.2 Å². The zero-order valence-electron chi connectivity index (χ0n) is 14.7. The molecule has 0 spiro atoms. The molecule has 3 amide bonds. The lowest BCUT2D eigenvalue weighted by Gasteiger charge is -2.19. The molecule has 1 aliphatic rings. The maximum atomic E-state index is 12.0. The van der Waals surface area contributed by atoms with Crippen molar-refractivity contribution < 1.29 is 19.1 Å². The third-order valence-corrected chi connectivity index (χ3v) is 3.97. The number of carbonyl (C=O) groups excluding carboxylic acids is 3. The average molecular weight is 414 g/mol. The lowest BCUT2D eigenvalue weighted by atomic mass is 10.3. The number of anilines is 1. The van der Waals surface area contributed by atoms with Gasteiger partial charge in [-0.2, -0.15) is 4.99 Å². The molecule has 2 N–H and O–H groups in total. The normalized spacial score (nSPS) is 16.1. The first-order valence-electron chi connectivity index (χ1n) is 7.93. The third kappa shape index (κ3) is 5.18. The molecule has 11 heteroatoms. The predicted molar refractivity (Wildman–Crippen MR) is 102 cm³/mol. The Kier molecular flexibility index (Phi) is 6.75. The summed E-state index contributed by atoms with van der Waals surface area (Å²) in [4.78, 5) is 44.3. The van der Waals surface area contributed by atoms with Crippen LogP contribution in [-0.4, -0.2) is 47.4 Å². The van der Waals surface area contributed by atoms with Crippen LogP contribution >= 0.6 is 23.2 Å². The highest BCUT2D eigenvalue weighted by atomic mass is 35.5. The van der Waals surface area contributed by atoms with Crippen LogP contribution in [0, 0.1) is 0 Å². The number of nitrogens with zero attached hydrogens (tertiary/aromatic N) is 3.